The van der Waals surface area contributed by atoms with E-state index in [2.05, 4.69) is 5.32 Å². The Morgan fingerprint density at radius 2 is 1.67 bits per heavy atom. The van der Waals surface area contributed by atoms with Crippen molar-refractivity contribution < 1.29 is 31.2 Å². The van der Waals surface area contributed by atoms with Gasteiger partial charge < -0.3 is 10.1 Å². The first-order valence-electron chi connectivity index (χ1n) is 9.71. The summed E-state index contributed by atoms with van der Waals surface area (Å²) in [6.45, 7) is 4.99. The fraction of sp³-hybridized carbons (Fsp3) is 0.300. The molecule has 0 aliphatic heterocycles. The number of sulfonamides is 2. The Labute approximate surface area is 197 Å². The molecule has 0 aliphatic rings. The second-order valence-corrected chi connectivity index (χ2v) is 10.7. The van der Waals surface area contributed by atoms with Gasteiger partial charge in [-0.2, -0.15) is 4.31 Å². The molecule has 3 N–H and O–H groups in total. The quantitative estimate of drug-likeness (QED) is 0.483. The number of benzene rings is 2. The van der Waals surface area contributed by atoms with E-state index in [1.807, 2.05) is 0 Å². The van der Waals surface area contributed by atoms with Crippen LogP contribution in [-0.2, 0) is 29.6 Å². The Kier molecular flexibility index (Phi) is 8.60. The highest BCUT2D eigenvalue weighted by atomic mass is 35.5. The number of halogens is 1. The van der Waals surface area contributed by atoms with E-state index in [4.69, 9.17) is 21.5 Å². The molecule has 0 aromatic heterocycles. The van der Waals surface area contributed by atoms with Gasteiger partial charge in [-0.1, -0.05) is 31.5 Å². The number of nitrogens with zero attached hydrogens (tertiary/aromatic N) is 1. The van der Waals surface area contributed by atoms with Crippen LogP contribution in [0.25, 0.3) is 0 Å². The van der Waals surface area contributed by atoms with Crippen molar-refractivity contribution in [3.8, 4) is 0 Å². The molecule has 0 spiro atoms. The molecule has 33 heavy (non-hydrogen) atoms. The highest BCUT2D eigenvalue weighted by molar-refractivity contribution is 7.89. The summed E-state index contributed by atoms with van der Waals surface area (Å²) in [6, 6.07) is 7.75. The number of amides is 1. The molecule has 2 aromatic carbocycles. The van der Waals surface area contributed by atoms with Crippen molar-refractivity contribution in [3.05, 3.63) is 52.5 Å². The number of hydrogen-bond donors (Lipinski definition) is 2. The third-order valence-corrected chi connectivity index (χ3v) is 8.19. The third-order valence-electron chi connectivity index (χ3n) is 4.60. The topological polar surface area (TPSA) is 153 Å². The second-order valence-electron chi connectivity index (χ2n) is 6.88. The molecule has 1 amide bonds. The molecule has 10 nitrogen and oxygen atoms in total. The molecule has 0 radical (unpaired) electrons. The van der Waals surface area contributed by atoms with Gasteiger partial charge in [-0.05, 0) is 42.8 Å². The molecule has 180 valence electrons. The molecular weight excluding hydrogens is 494 g/mol. The number of nitrogens with one attached hydrogen (secondary N) is 1. The van der Waals surface area contributed by atoms with E-state index in [1.54, 1.807) is 26.8 Å². The van der Waals surface area contributed by atoms with Gasteiger partial charge in [-0.15, -0.1) is 0 Å². The van der Waals surface area contributed by atoms with Gasteiger partial charge >= 0.3 is 5.97 Å². The Balaban J connectivity index is 2.13. The van der Waals surface area contributed by atoms with Gasteiger partial charge in [-0.3, -0.25) is 4.79 Å². The molecule has 0 unspecified atom stereocenters. The second kappa shape index (κ2) is 10.6. The normalized spacial score (nSPS) is 11.9. The van der Waals surface area contributed by atoms with Crippen LogP contribution in [0.4, 0.5) is 5.69 Å². The van der Waals surface area contributed by atoms with Crippen LogP contribution in [0.2, 0.25) is 5.02 Å². The molecule has 0 atom stereocenters. The molecule has 0 aliphatic carbocycles. The minimum atomic E-state index is -4.16. The van der Waals surface area contributed by atoms with Crippen LogP contribution in [0.1, 0.15) is 29.8 Å². The average Bonchev–Trinajstić information content (AvgIpc) is 2.73. The average molecular weight is 518 g/mol. The summed E-state index contributed by atoms with van der Waals surface area (Å²) in [5.74, 6) is -1.69. The molecule has 2 rings (SSSR count). The summed E-state index contributed by atoms with van der Waals surface area (Å²) in [4.78, 5) is 24.0. The van der Waals surface area contributed by atoms with Crippen molar-refractivity contribution in [2.45, 2.75) is 30.6 Å². The molecule has 0 saturated heterocycles. The minimum absolute atomic E-state index is 0.0534. The first kappa shape index (κ1) is 26.7. The van der Waals surface area contributed by atoms with Crippen LogP contribution in [0.5, 0.6) is 0 Å². The Hall–Kier alpha value is -2.51. The SMILES string of the molecule is CCN(CC)S(=O)(=O)c1cc(NC(=O)COC(=O)c2ccc(Cl)c(S(N)(=O)=O)c2)ccc1C. The van der Waals surface area contributed by atoms with Gasteiger partial charge in [0, 0.05) is 18.8 Å². The zero-order valence-corrected chi connectivity index (χ0v) is 20.6. The largest absolute Gasteiger partial charge is 0.452 e. The number of carbonyl (C=O) groups is 2. The summed E-state index contributed by atoms with van der Waals surface area (Å²) in [5, 5.41) is 7.36. The van der Waals surface area contributed by atoms with Crippen molar-refractivity contribution in [2.24, 2.45) is 5.14 Å². The van der Waals surface area contributed by atoms with Gasteiger partial charge in [0.05, 0.1) is 15.5 Å². The van der Waals surface area contributed by atoms with E-state index in [0.717, 1.165) is 6.07 Å². The summed E-state index contributed by atoms with van der Waals surface area (Å²) in [5.41, 5.74) is 0.550. The highest BCUT2D eigenvalue weighted by Gasteiger charge is 2.24. The van der Waals surface area contributed by atoms with Gasteiger partial charge in [0.2, 0.25) is 20.0 Å². The molecule has 2 aromatic rings. The molecule has 13 heteroatoms. The number of primary sulfonamides is 1. The zero-order valence-electron chi connectivity index (χ0n) is 18.2. The summed E-state index contributed by atoms with van der Waals surface area (Å²) in [6.07, 6.45) is 0. The Morgan fingerprint density at radius 1 is 1.03 bits per heavy atom. The maximum absolute atomic E-state index is 12.8. The van der Waals surface area contributed by atoms with Crippen LogP contribution in [0.15, 0.2) is 46.2 Å². The molecular formula is C20H24ClN3O7S2. The molecule has 0 saturated carbocycles. The van der Waals surface area contributed by atoms with Gasteiger partial charge in [0.15, 0.2) is 6.61 Å². The predicted octanol–water partition coefficient (Wildman–Crippen LogP) is 2.12. The Bertz CT molecular complexity index is 1270. The van der Waals surface area contributed by atoms with E-state index in [0.29, 0.717) is 18.7 Å². The van der Waals surface area contributed by atoms with Crippen molar-refractivity contribution in [1.82, 2.24) is 4.31 Å². The Morgan fingerprint density at radius 3 is 2.24 bits per heavy atom. The molecule has 0 heterocycles. The number of esters is 1. The van der Waals surface area contributed by atoms with E-state index >= 15 is 0 Å². The molecule has 0 bridgehead atoms. The van der Waals surface area contributed by atoms with Crippen LogP contribution in [0.3, 0.4) is 0 Å². The monoisotopic (exact) mass is 517 g/mol. The smallest absolute Gasteiger partial charge is 0.338 e. The summed E-state index contributed by atoms with van der Waals surface area (Å²) >= 11 is 5.78. The summed E-state index contributed by atoms with van der Waals surface area (Å²) < 4.78 is 54.9. The maximum atomic E-state index is 12.8. The van der Waals surface area contributed by atoms with E-state index < -0.39 is 43.4 Å². The van der Waals surface area contributed by atoms with E-state index in [-0.39, 0.29) is 21.2 Å². The van der Waals surface area contributed by atoms with Crippen LogP contribution in [0, 0.1) is 6.92 Å². The summed E-state index contributed by atoms with van der Waals surface area (Å²) in [7, 11) is -7.91. The number of hydrogen-bond acceptors (Lipinski definition) is 7. The van der Waals surface area contributed by atoms with E-state index in [1.165, 1.54) is 28.6 Å². The number of rotatable bonds is 9. The van der Waals surface area contributed by atoms with Crippen molar-refractivity contribution in [2.75, 3.05) is 25.0 Å². The van der Waals surface area contributed by atoms with Gasteiger partial charge in [0.25, 0.3) is 5.91 Å². The van der Waals surface area contributed by atoms with E-state index in [9.17, 15) is 26.4 Å². The lowest BCUT2D eigenvalue weighted by Crippen LogP contribution is -2.31. The first-order chi connectivity index (χ1) is 15.3. The lowest BCUT2D eigenvalue weighted by atomic mass is 10.2. The number of anilines is 1. The number of carbonyl (C=O) groups excluding carboxylic acids is 2. The van der Waals surface area contributed by atoms with Crippen LogP contribution < -0.4 is 10.5 Å². The number of aryl methyl sites for hydroxylation is 1. The van der Waals surface area contributed by atoms with Crippen molar-refractivity contribution >= 4 is 49.2 Å². The minimum Gasteiger partial charge on any atom is -0.452 e. The molecule has 0 fully saturated rings. The fourth-order valence-electron chi connectivity index (χ4n) is 2.92. The van der Waals surface area contributed by atoms with Crippen LogP contribution in [-0.4, -0.2) is 52.7 Å². The number of ether oxygens (including phenoxy) is 1. The maximum Gasteiger partial charge on any atom is 0.338 e. The lowest BCUT2D eigenvalue weighted by molar-refractivity contribution is -0.119. The zero-order chi connectivity index (χ0) is 25.0. The fourth-order valence-corrected chi connectivity index (χ4v) is 5.70. The first-order valence-corrected chi connectivity index (χ1v) is 13.1. The number of nitrogens with two attached hydrogens (primary N) is 1. The third kappa shape index (κ3) is 6.51. The van der Waals surface area contributed by atoms with Gasteiger partial charge in [0.1, 0.15) is 4.90 Å². The lowest BCUT2D eigenvalue weighted by Gasteiger charge is -2.20. The van der Waals surface area contributed by atoms with Crippen LogP contribution >= 0.6 is 11.6 Å². The standard InChI is InChI=1S/C20H24ClN3O7S2/c1-4-24(5-2)33(29,30)17-11-15(8-6-13(17)3)23-19(25)12-31-20(26)14-7-9-16(21)18(10-14)32(22,27)28/h6-11H,4-5,12H2,1-3H3,(H,23,25)(H2,22,27,28). The predicted molar refractivity (Wildman–Crippen MR) is 123 cm³/mol. The highest BCUT2D eigenvalue weighted by Crippen LogP contribution is 2.24. The van der Waals surface area contributed by atoms with Crippen molar-refractivity contribution in [1.29, 1.82) is 0 Å². The van der Waals surface area contributed by atoms with Crippen molar-refractivity contribution in [3.63, 3.8) is 0 Å². The van der Waals surface area contributed by atoms with Gasteiger partial charge in [-0.25, -0.2) is 26.8 Å².